The molecule has 1 aromatic rings. The molecule has 0 spiro atoms. The number of halogens is 2. The summed E-state index contributed by atoms with van der Waals surface area (Å²) in [6.07, 6.45) is 0. The molecule has 1 aromatic carbocycles. The minimum absolute atomic E-state index is 0.0154. The second kappa shape index (κ2) is 7.22. The standard InChI is InChI=1S/C10H11Cl2N5OS/c11-5-2-1-3-6(8(5)12)16-7(18)4-19-10(15)17-9(13)14/h1-3H,4H2,(H,16,18)(H5,13,14,15,17). The molecule has 102 valence electrons. The van der Waals surface area contributed by atoms with Gasteiger partial charge in [0.2, 0.25) is 5.91 Å². The normalized spacial score (nSPS) is 9.79. The molecule has 0 aliphatic heterocycles. The number of rotatable bonds is 3. The molecular formula is C10H11Cl2N5OS. The van der Waals surface area contributed by atoms with Crippen molar-refractivity contribution in [3.8, 4) is 0 Å². The average Bonchev–Trinajstić information content (AvgIpc) is 2.32. The summed E-state index contributed by atoms with van der Waals surface area (Å²) in [6.45, 7) is 0. The van der Waals surface area contributed by atoms with Crippen LogP contribution in [-0.4, -0.2) is 22.8 Å². The van der Waals surface area contributed by atoms with Crippen molar-refractivity contribution >= 4 is 57.7 Å². The minimum atomic E-state index is -0.343. The summed E-state index contributed by atoms with van der Waals surface area (Å²) in [6, 6.07) is 4.90. The van der Waals surface area contributed by atoms with E-state index >= 15 is 0 Å². The molecule has 0 saturated carbocycles. The smallest absolute Gasteiger partial charge is 0.234 e. The molecule has 0 aromatic heterocycles. The number of carbonyl (C=O) groups is 1. The van der Waals surface area contributed by atoms with Gasteiger partial charge >= 0.3 is 0 Å². The van der Waals surface area contributed by atoms with Gasteiger partial charge in [-0.3, -0.25) is 10.2 Å². The maximum absolute atomic E-state index is 11.6. The van der Waals surface area contributed by atoms with Gasteiger partial charge in [0.15, 0.2) is 11.1 Å². The van der Waals surface area contributed by atoms with E-state index in [0.29, 0.717) is 10.7 Å². The van der Waals surface area contributed by atoms with Crippen LogP contribution in [0.25, 0.3) is 0 Å². The van der Waals surface area contributed by atoms with E-state index in [2.05, 4.69) is 10.3 Å². The summed E-state index contributed by atoms with van der Waals surface area (Å²) in [5.41, 5.74) is 10.6. The number of benzene rings is 1. The largest absolute Gasteiger partial charge is 0.370 e. The van der Waals surface area contributed by atoms with Crippen molar-refractivity contribution in [3.05, 3.63) is 28.2 Å². The number of anilines is 1. The van der Waals surface area contributed by atoms with E-state index in [1.807, 2.05) is 0 Å². The SMILES string of the molecule is N=C(N=C(N)N)SCC(=O)Nc1cccc(Cl)c1Cl. The molecule has 9 heteroatoms. The van der Waals surface area contributed by atoms with E-state index in [1.165, 1.54) is 0 Å². The molecule has 1 rings (SSSR count). The lowest BCUT2D eigenvalue weighted by atomic mass is 10.3. The summed E-state index contributed by atoms with van der Waals surface area (Å²) in [5, 5.41) is 10.4. The fourth-order valence-corrected chi connectivity index (χ4v) is 1.93. The number of aliphatic imine (C=N–C) groups is 1. The molecule has 0 saturated heterocycles. The van der Waals surface area contributed by atoms with E-state index in [9.17, 15) is 4.79 Å². The molecule has 6 N–H and O–H groups in total. The number of amides is 1. The van der Waals surface area contributed by atoms with Gasteiger partial charge in [0, 0.05) is 0 Å². The Morgan fingerprint density at radius 3 is 2.74 bits per heavy atom. The Labute approximate surface area is 124 Å². The van der Waals surface area contributed by atoms with E-state index in [-0.39, 0.29) is 27.8 Å². The van der Waals surface area contributed by atoms with Crippen LogP contribution in [0.15, 0.2) is 23.2 Å². The van der Waals surface area contributed by atoms with Gasteiger partial charge in [-0.25, -0.2) is 0 Å². The molecule has 0 unspecified atom stereocenters. The topological polar surface area (TPSA) is 117 Å². The number of guanidine groups is 1. The number of hydrogen-bond donors (Lipinski definition) is 4. The van der Waals surface area contributed by atoms with Crippen LogP contribution in [0.3, 0.4) is 0 Å². The fraction of sp³-hybridized carbons (Fsp3) is 0.100. The van der Waals surface area contributed by atoms with Crippen molar-refractivity contribution in [2.45, 2.75) is 0 Å². The Kier molecular flexibility index (Phi) is 5.94. The first-order chi connectivity index (χ1) is 8.90. The molecule has 0 fully saturated rings. The van der Waals surface area contributed by atoms with Crippen molar-refractivity contribution in [1.29, 1.82) is 5.41 Å². The fourth-order valence-electron chi connectivity index (χ4n) is 1.07. The lowest BCUT2D eigenvalue weighted by Gasteiger charge is -2.07. The number of nitrogens with zero attached hydrogens (tertiary/aromatic N) is 1. The first-order valence-electron chi connectivity index (χ1n) is 4.95. The first kappa shape index (κ1) is 15.6. The number of hydrogen-bond acceptors (Lipinski definition) is 3. The molecule has 0 aliphatic carbocycles. The number of thioether (sulfide) groups is 1. The number of nitrogens with one attached hydrogen (secondary N) is 2. The van der Waals surface area contributed by atoms with Crippen LogP contribution in [0.4, 0.5) is 5.69 Å². The monoisotopic (exact) mass is 319 g/mol. The van der Waals surface area contributed by atoms with E-state index in [4.69, 9.17) is 40.1 Å². The predicted octanol–water partition coefficient (Wildman–Crippen LogP) is 1.87. The number of nitrogens with two attached hydrogens (primary N) is 2. The Morgan fingerprint density at radius 1 is 1.42 bits per heavy atom. The molecule has 19 heavy (non-hydrogen) atoms. The number of amidine groups is 1. The quantitative estimate of drug-likeness (QED) is 0.502. The van der Waals surface area contributed by atoms with E-state index in [1.54, 1.807) is 18.2 Å². The van der Waals surface area contributed by atoms with Crippen molar-refractivity contribution in [1.82, 2.24) is 0 Å². The van der Waals surface area contributed by atoms with Crippen LogP contribution < -0.4 is 16.8 Å². The van der Waals surface area contributed by atoms with Crippen LogP contribution in [0.1, 0.15) is 0 Å². The van der Waals surface area contributed by atoms with Crippen LogP contribution in [-0.2, 0) is 4.79 Å². The zero-order valence-electron chi connectivity index (χ0n) is 9.61. The summed E-state index contributed by atoms with van der Waals surface area (Å²) in [7, 11) is 0. The Morgan fingerprint density at radius 2 is 2.11 bits per heavy atom. The summed E-state index contributed by atoms with van der Waals surface area (Å²) >= 11 is 12.6. The highest BCUT2D eigenvalue weighted by molar-refractivity contribution is 8.14. The second-order valence-corrected chi connectivity index (χ2v) is 5.03. The molecule has 0 aliphatic rings. The van der Waals surface area contributed by atoms with Crippen molar-refractivity contribution in [3.63, 3.8) is 0 Å². The zero-order chi connectivity index (χ0) is 14.4. The summed E-state index contributed by atoms with van der Waals surface area (Å²) < 4.78 is 0. The van der Waals surface area contributed by atoms with Crippen LogP contribution in [0.5, 0.6) is 0 Å². The molecule has 0 radical (unpaired) electrons. The maximum Gasteiger partial charge on any atom is 0.234 e. The molecular weight excluding hydrogens is 309 g/mol. The first-order valence-corrected chi connectivity index (χ1v) is 6.69. The highest BCUT2D eigenvalue weighted by Gasteiger charge is 2.09. The van der Waals surface area contributed by atoms with Crippen LogP contribution in [0.2, 0.25) is 10.0 Å². The lowest BCUT2D eigenvalue weighted by Crippen LogP contribution is -2.24. The lowest BCUT2D eigenvalue weighted by molar-refractivity contribution is -0.113. The minimum Gasteiger partial charge on any atom is -0.370 e. The third-order valence-corrected chi connectivity index (χ3v) is 3.39. The van der Waals surface area contributed by atoms with Crippen LogP contribution >= 0.6 is 35.0 Å². The van der Waals surface area contributed by atoms with Gasteiger partial charge in [-0.05, 0) is 12.1 Å². The van der Waals surface area contributed by atoms with Gasteiger partial charge in [0.05, 0.1) is 21.5 Å². The van der Waals surface area contributed by atoms with Gasteiger partial charge < -0.3 is 16.8 Å². The number of carbonyl (C=O) groups excluding carboxylic acids is 1. The van der Waals surface area contributed by atoms with Gasteiger partial charge in [-0.15, -0.1) is 0 Å². The summed E-state index contributed by atoms with van der Waals surface area (Å²) in [5.74, 6) is -0.584. The molecule has 0 heterocycles. The third-order valence-electron chi connectivity index (χ3n) is 1.80. The van der Waals surface area contributed by atoms with Crippen molar-refractivity contribution in [2.75, 3.05) is 11.1 Å². The van der Waals surface area contributed by atoms with Gasteiger partial charge in [-0.2, -0.15) is 4.99 Å². The van der Waals surface area contributed by atoms with E-state index < -0.39 is 0 Å². The molecule has 0 atom stereocenters. The maximum atomic E-state index is 11.6. The predicted molar refractivity (Wildman–Crippen MR) is 81.1 cm³/mol. The highest BCUT2D eigenvalue weighted by atomic mass is 35.5. The zero-order valence-corrected chi connectivity index (χ0v) is 11.9. The van der Waals surface area contributed by atoms with Crippen LogP contribution in [0, 0.1) is 5.41 Å². The molecule has 1 amide bonds. The molecule has 6 nitrogen and oxygen atoms in total. The van der Waals surface area contributed by atoms with E-state index in [0.717, 1.165) is 11.8 Å². The van der Waals surface area contributed by atoms with Gasteiger partial charge in [-0.1, -0.05) is 41.0 Å². The van der Waals surface area contributed by atoms with Crippen molar-refractivity contribution in [2.24, 2.45) is 16.5 Å². The second-order valence-electron chi connectivity index (χ2n) is 3.28. The van der Waals surface area contributed by atoms with Crippen molar-refractivity contribution < 1.29 is 4.79 Å². The highest BCUT2D eigenvalue weighted by Crippen LogP contribution is 2.29. The Hall–Kier alpha value is -1.44. The average molecular weight is 320 g/mol. The molecule has 0 bridgehead atoms. The summed E-state index contributed by atoms with van der Waals surface area (Å²) in [4.78, 5) is 15.1. The Bertz CT molecular complexity index is 531. The van der Waals surface area contributed by atoms with Gasteiger partial charge in [0.25, 0.3) is 0 Å². The third kappa shape index (κ3) is 5.37. The van der Waals surface area contributed by atoms with Gasteiger partial charge in [0.1, 0.15) is 0 Å². The Balaban J connectivity index is 2.54.